The molecule has 2 bridgehead atoms. The molecular formula is C9H17N. The van der Waals surface area contributed by atoms with Gasteiger partial charge in [0.2, 0.25) is 0 Å². The molecule has 1 heteroatoms. The van der Waals surface area contributed by atoms with E-state index in [4.69, 9.17) is 0 Å². The third kappa shape index (κ3) is 0.672. The predicted molar refractivity (Wildman–Crippen MR) is 42.9 cm³/mol. The molecule has 2 heterocycles. The molecule has 0 aromatic carbocycles. The average molecular weight is 139 g/mol. The Morgan fingerprint density at radius 3 is 2.40 bits per heavy atom. The van der Waals surface area contributed by atoms with Crippen molar-refractivity contribution in [3.63, 3.8) is 0 Å². The van der Waals surface area contributed by atoms with Gasteiger partial charge in [0.1, 0.15) is 0 Å². The van der Waals surface area contributed by atoms with Gasteiger partial charge in [-0.3, -0.25) is 0 Å². The Bertz CT molecular complexity index is 122. The Balaban J connectivity index is 2.10. The van der Waals surface area contributed by atoms with Crippen LogP contribution in [0.5, 0.6) is 0 Å². The van der Waals surface area contributed by atoms with Gasteiger partial charge in [-0.05, 0) is 31.2 Å². The zero-order valence-electron chi connectivity index (χ0n) is 7.17. The van der Waals surface area contributed by atoms with Crippen LogP contribution in [0.3, 0.4) is 0 Å². The van der Waals surface area contributed by atoms with Crippen molar-refractivity contribution >= 4 is 0 Å². The first-order valence-electron chi connectivity index (χ1n) is 4.40. The van der Waals surface area contributed by atoms with Gasteiger partial charge in [-0.1, -0.05) is 13.8 Å². The number of piperidine rings is 2. The molecule has 0 aromatic heterocycles. The van der Waals surface area contributed by atoms with Gasteiger partial charge in [-0.25, -0.2) is 0 Å². The van der Waals surface area contributed by atoms with E-state index in [-0.39, 0.29) is 0 Å². The number of hydrogen-bond donors (Lipinski definition) is 0. The zero-order chi connectivity index (χ0) is 7.30. The Morgan fingerprint density at radius 1 is 1.30 bits per heavy atom. The molecule has 0 radical (unpaired) electrons. The van der Waals surface area contributed by atoms with Crippen LogP contribution < -0.4 is 0 Å². The lowest BCUT2D eigenvalue weighted by Crippen LogP contribution is -2.59. The van der Waals surface area contributed by atoms with E-state index in [2.05, 4.69) is 25.8 Å². The van der Waals surface area contributed by atoms with Gasteiger partial charge < -0.3 is 4.90 Å². The summed E-state index contributed by atoms with van der Waals surface area (Å²) in [6.45, 7) is 6.14. The second-order valence-electron chi connectivity index (χ2n) is 4.24. The van der Waals surface area contributed by atoms with E-state index < -0.39 is 0 Å². The van der Waals surface area contributed by atoms with E-state index in [0.29, 0.717) is 0 Å². The summed E-state index contributed by atoms with van der Waals surface area (Å²) < 4.78 is 0. The van der Waals surface area contributed by atoms with Gasteiger partial charge in [0.25, 0.3) is 0 Å². The molecule has 0 spiro atoms. The van der Waals surface area contributed by atoms with Gasteiger partial charge in [0.05, 0.1) is 0 Å². The van der Waals surface area contributed by atoms with E-state index in [1.807, 2.05) is 0 Å². The summed E-state index contributed by atoms with van der Waals surface area (Å²) in [4.78, 5) is 2.54. The summed E-state index contributed by atoms with van der Waals surface area (Å²) in [5.41, 5.74) is 0. The lowest BCUT2D eigenvalue weighted by molar-refractivity contribution is -0.0666. The maximum atomic E-state index is 2.54. The first-order chi connectivity index (χ1) is 4.70. The highest BCUT2D eigenvalue weighted by molar-refractivity contribution is 4.99. The molecule has 1 aliphatic carbocycles. The van der Waals surface area contributed by atoms with Gasteiger partial charge in [0, 0.05) is 12.6 Å². The van der Waals surface area contributed by atoms with Crippen LogP contribution in [-0.2, 0) is 0 Å². The lowest BCUT2D eigenvalue weighted by atomic mass is 9.61. The molecule has 4 atom stereocenters. The largest absolute Gasteiger partial charge is 0.303 e. The molecule has 1 nitrogen and oxygen atoms in total. The lowest BCUT2D eigenvalue weighted by Gasteiger charge is -2.56. The second kappa shape index (κ2) is 1.97. The molecule has 3 fully saturated rings. The van der Waals surface area contributed by atoms with E-state index in [9.17, 15) is 0 Å². The highest BCUT2D eigenvalue weighted by atomic mass is 15.2. The third-order valence-corrected chi connectivity index (χ3v) is 3.67. The van der Waals surface area contributed by atoms with Gasteiger partial charge in [-0.2, -0.15) is 0 Å². The fourth-order valence-corrected chi connectivity index (χ4v) is 2.85. The van der Waals surface area contributed by atoms with Crippen LogP contribution in [0.15, 0.2) is 0 Å². The predicted octanol–water partition coefficient (Wildman–Crippen LogP) is 1.59. The van der Waals surface area contributed by atoms with Gasteiger partial charge >= 0.3 is 0 Å². The normalized spacial score (nSPS) is 54.3. The van der Waals surface area contributed by atoms with E-state index in [1.54, 1.807) is 0 Å². The molecule has 0 aromatic rings. The van der Waals surface area contributed by atoms with Crippen LogP contribution in [0.2, 0.25) is 0 Å². The van der Waals surface area contributed by atoms with Crippen molar-refractivity contribution in [1.82, 2.24) is 4.90 Å². The zero-order valence-corrected chi connectivity index (χ0v) is 7.17. The molecule has 10 heavy (non-hydrogen) atoms. The average Bonchev–Trinajstić information content (AvgIpc) is 1.83. The van der Waals surface area contributed by atoms with Crippen LogP contribution in [0.4, 0.5) is 0 Å². The molecule has 58 valence electrons. The maximum Gasteiger partial charge on any atom is 0.0124 e. The minimum absolute atomic E-state index is 0.932. The number of fused-ring (bicyclic) bond motifs is 2. The molecule has 2 aliphatic heterocycles. The van der Waals surface area contributed by atoms with Gasteiger partial charge in [0.15, 0.2) is 0 Å². The van der Waals surface area contributed by atoms with Crippen molar-refractivity contribution in [2.24, 2.45) is 17.8 Å². The van der Waals surface area contributed by atoms with Crippen molar-refractivity contribution in [3.8, 4) is 0 Å². The molecule has 3 aliphatic rings. The molecule has 0 N–H and O–H groups in total. The van der Waals surface area contributed by atoms with Crippen molar-refractivity contribution in [1.29, 1.82) is 0 Å². The molecular weight excluding hydrogens is 122 g/mol. The standard InChI is InChI=1S/C9H17N/c1-6-5-10(3)9-4-8(6)7(9)2/h6-9H,4-5H2,1-3H3. The van der Waals surface area contributed by atoms with E-state index in [0.717, 1.165) is 23.8 Å². The number of rotatable bonds is 0. The highest BCUT2D eigenvalue weighted by Gasteiger charge is 2.47. The third-order valence-electron chi connectivity index (χ3n) is 3.67. The molecule has 3 rings (SSSR count). The van der Waals surface area contributed by atoms with Gasteiger partial charge in [-0.15, -0.1) is 0 Å². The summed E-state index contributed by atoms with van der Waals surface area (Å²) in [5.74, 6) is 2.99. The van der Waals surface area contributed by atoms with Crippen LogP contribution in [-0.4, -0.2) is 24.5 Å². The Kier molecular flexibility index (Phi) is 1.31. The molecule has 1 saturated carbocycles. The topological polar surface area (TPSA) is 3.24 Å². The molecule has 2 saturated heterocycles. The maximum absolute atomic E-state index is 2.54. The van der Waals surface area contributed by atoms with Crippen molar-refractivity contribution < 1.29 is 0 Å². The minimum atomic E-state index is 0.932. The number of nitrogens with zero attached hydrogens (tertiary/aromatic N) is 1. The van der Waals surface area contributed by atoms with Crippen molar-refractivity contribution in [2.45, 2.75) is 26.3 Å². The Hall–Kier alpha value is -0.0400. The Morgan fingerprint density at radius 2 is 2.00 bits per heavy atom. The molecule has 4 unspecified atom stereocenters. The van der Waals surface area contributed by atoms with E-state index >= 15 is 0 Å². The van der Waals surface area contributed by atoms with Crippen LogP contribution in [0, 0.1) is 17.8 Å². The van der Waals surface area contributed by atoms with Crippen LogP contribution >= 0.6 is 0 Å². The summed E-state index contributed by atoms with van der Waals surface area (Å²) in [7, 11) is 2.27. The summed E-state index contributed by atoms with van der Waals surface area (Å²) in [5, 5.41) is 0. The SMILES string of the molecule is CC1CN(C)C2CC1C2C. The quantitative estimate of drug-likeness (QED) is 0.492. The fraction of sp³-hybridized carbons (Fsp3) is 1.00. The summed E-state index contributed by atoms with van der Waals surface area (Å²) >= 11 is 0. The van der Waals surface area contributed by atoms with Crippen LogP contribution in [0.25, 0.3) is 0 Å². The summed E-state index contributed by atoms with van der Waals surface area (Å²) in [6.07, 6.45) is 1.47. The monoisotopic (exact) mass is 139 g/mol. The summed E-state index contributed by atoms with van der Waals surface area (Å²) in [6, 6.07) is 0.932. The highest BCUT2D eigenvalue weighted by Crippen LogP contribution is 2.46. The smallest absolute Gasteiger partial charge is 0.0124 e. The number of hydrogen-bond acceptors (Lipinski definition) is 1. The van der Waals surface area contributed by atoms with Crippen molar-refractivity contribution in [3.05, 3.63) is 0 Å². The minimum Gasteiger partial charge on any atom is -0.303 e. The first-order valence-corrected chi connectivity index (χ1v) is 4.40. The second-order valence-corrected chi connectivity index (χ2v) is 4.24. The van der Waals surface area contributed by atoms with Crippen LogP contribution in [0.1, 0.15) is 20.3 Å². The molecule has 0 amide bonds. The van der Waals surface area contributed by atoms with E-state index in [1.165, 1.54) is 13.0 Å². The Labute approximate surface area is 63.4 Å². The fourth-order valence-electron chi connectivity index (χ4n) is 2.85. The first kappa shape index (κ1) is 6.66. The van der Waals surface area contributed by atoms with Crippen molar-refractivity contribution in [2.75, 3.05) is 13.6 Å².